The van der Waals surface area contributed by atoms with E-state index in [1.165, 1.54) is 0 Å². The lowest BCUT2D eigenvalue weighted by Gasteiger charge is -2.06. The smallest absolute Gasteiger partial charge is 0.187 e. The Morgan fingerprint density at radius 1 is 1.10 bits per heavy atom. The minimum Gasteiger partial charge on any atom is -0.508 e. The van der Waals surface area contributed by atoms with Crippen LogP contribution in [0.1, 0.15) is 5.56 Å². The number of phenols is 1. The summed E-state index contributed by atoms with van der Waals surface area (Å²) in [5.41, 5.74) is 4.02. The molecule has 0 aliphatic rings. The molecule has 0 bridgehead atoms. The van der Waals surface area contributed by atoms with Gasteiger partial charge in [-0.2, -0.15) is 0 Å². The van der Waals surface area contributed by atoms with Gasteiger partial charge < -0.3 is 10.4 Å². The van der Waals surface area contributed by atoms with E-state index in [9.17, 15) is 5.11 Å². The number of aromatic nitrogens is 1. The van der Waals surface area contributed by atoms with E-state index in [0.717, 1.165) is 27.6 Å². The second-order valence-electron chi connectivity index (χ2n) is 4.53. The lowest BCUT2D eigenvalue weighted by atomic mass is 10.2. The maximum atomic E-state index is 9.42. The zero-order valence-corrected chi connectivity index (χ0v) is 11.8. The number of hydrogen-bond donors (Lipinski definition) is 2. The summed E-state index contributed by atoms with van der Waals surface area (Å²) in [6.07, 6.45) is 0. The number of thiazole rings is 1. The normalized spacial score (nSPS) is 10.4. The summed E-state index contributed by atoms with van der Waals surface area (Å²) in [5, 5.41) is 15.6. The molecule has 0 amide bonds. The summed E-state index contributed by atoms with van der Waals surface area (Å²) in [5.74, 6) is 0.275. The SMILES string of the molecule is Cc1cc(O)ccc1Nc1nc(-c2ccccc2)cs1. The van der Waals surface area contributed by atoms with Crippen LogP contribution in [0.3, 0.4) is 0 Å². The van der Waals surface area contributed by atoms with E-state index in [4.69, 9.17) is 0 Å². The Balaban J connectivity index is 1.84. The van der Waals surface area contributed by atoms with Crippen molar-refractivity contribution in [3.05, 3.63) is 59.5 Å². The summed E-state index contributed by atoms with van der Waals surface area (Å²) >= 11 is 1.57. The third-order valence-electron chi connectivity index (χ3n) is 3.03. The molecule has 1 heterocycles. The first-order valence-electron chi connectivity index (χ1n) is 6.30. The van der Waals surface area contributed by atoms with Gasteiger partial charge in [0.25, 0.3) is 0 Å². The van der Waals surface area contributed by atoms with E-state index in [-0.39, 0.29) is 5.75 Å². The molecule has 2 aromatic carbocycles. The topological polar surface area (TPSA) is 45.1 Å². The highest BCUT2D eigenvalue weighted by atomic mass is 32.1. The largest absolute Gasteiger partial charge is 0.508 e. The zero-order chi connectivity index (χ0) is 13.9. The van der Waals surface area contributed by atoms with Crippen LogP contribution < -0.4 is 5.32 Å². The van der Waals surface area contributed by atoms with Gasteiger partial charge in [0, 0.05) is 16.6 Å². The Hall–Kier alpha value is -2.33. The van der Waals surface area contributed by atoms with Crippen molar-refractivity contribution in [1.29, 1.82) is 0 Å². The van der Waals surface area contributed by atoms with Crippen LogP contribution in [-0.2, 0) is 0 Å². The molecule has 0 radical (unpaired) electrons. The maximum Gasteiger partial charge on any atom is 0.187 e. The first-order valence-corrected chi connectivity index (χ1v) is 7.18. The van der Waals surface area contributed by atoms with Crippen molar-refractivity contribution in [2.75, 3.05) is 5.32 Å². The fourth-order valence-electron chi connectivity index (χ4n) is 1.98. The van der Waals surface area contributed by atoms with E-state index in [2.05, 4.69) is 10.3 Å². The molecule has 0 aliphatic carbocycles. The molecular formula is C16H14N2OS. The van der Waals surface area contributed by atoms with Crippen LogP contribution in [0.2, 0.25) is 0 Å². The summed E-state index contributed by atoms with van der Waals surface area (Å²) < 4.78 is 0. The Morgan fingerprint density at radius 3 is 2.65 bits per heavy atom. The van der Waals surface area contributed by atoms with Crippen molar-refractivity contribution in [3.8, 4) is 17.0 Å². The van der Waals surface area contributed by atoms with Crippen LogP contribution in [0.15, 0.2) is 53.9 Å². The number of hydrogen-bond acceptors (Lipinski definition) is 4. The molecule has 20 heavy (non-hydrogen) atoms. The number of nitrogens with one attached hydrogen (secondary N) is 1. The highest BCUT2D eigenvalue weighted by molar-refractivity contribution is 7.14. The quantitative estimate of drug-likeness (QED) is 0.692. The molecule has 100 valence electrons. The lowest BCUT2D eigenvalue weighted by Crippen LogP contribution is -1.92. The first-order chi connectivity index (χ1) is 9.72. The molecule has 2 N–H and O–H groups in total. The molecule has 0 aliphatic heterocycles. The second kappa shape index (κ2) is 5.35. The Labute approximate surface area is 121 Å². The third-order valence-corrected chi connectivity index (χ3v) is 3.78. The molecule has 0 spiro atoms. The Bertz CT molecular complexity index is 722. The van der Waals surface area contributed by atoms with E-state index < -0.39 is 0 Å². The summed E-state index contributed by atoms with van der Waals surface area (Å²) in [6.45, 7) is 1.95. The Morgan fingerprint density at radius 2 is 1.90 bits per heavy atom. The van der Waals surface area contributed by atoms with Gasteiger partial charge in [0.05, 0.1) is 5.69 Å². The molecule has 0 unspecified atom stereocenters. The van der Waals surface area contributed by atoms with Crippen molar-refractivity contribution >= 4 is 22.2 Å². The van der Waals surface area contributed by atoms with Crippen LogP contribution >= 0.6 is 11.3 Å². The number of aryl methyl sites for hydroxylation is 1. The van der Waals surface area contributed by atoms with Gasteiger partial charge >= 0.3 is 0 Å². The monoisotopic (exact) mass is 282 g/mol. The van der Waals surface area contributed by atoms with E-state index in [1.807, 2.05) is 48.7 Å². The van der Waals surface area contributed by atoms with Gasteiger partial charge in [-0.15, -0.1) is 11.3 Å². The van der Waals surface area contributed by atoms with Gasteiger partial charge in [-0.1, -0.05) is 30.3 Å². The fourth-order valence-corrected chi connectivity index (χ4v) is 2.71. The highest BCUT2D eigenvalue weighted by Crippen LogP contribution is 2.29. The lowest BCUT2D eigenvalue weighted by molar-refractivity contribution is 0.475. The number of nitrogens with zero attached hydrogens (tertiary/aromatic N) is 1. The fraction of sp³-hybridized carbons (Fsp3) is 0.0625. The summed E-state index contributed by atoms with van der Waals surface area (Å²) in [6, 6.07) is 15.4. The third kappa shape index (κ3) is 2.65. The predicted molar refractivity (Wildman–Crippen MR) is 83.7 cm³/mol. The number of aromatic hydroxyl groups is 1. The standard InChI is InChI=1S/C16H14N2OS/c1-11-9-13(19)7-8-14(11)17-16-18-15(10-20-16)12-5-3-2-4-6-12/h2-10,19H,1H3,(H,17,18). The van der Waals surface area contributed by atoms with E-state index in [1.54, 1.807) is 23.5 Å². The van der Waals surface area contributed by atoms with Gasteiger partial charge in [-0.05, 0) is 30.7 Å². The zero-order valence-electron chi connectivity index (χ0n) is 11.0. The minimum absolute atomic E-state index is 0.275. The van der Waals surface area contributed by atoms with Crippen LogP contribution in [0, 0.1) is 6.92 Å². The number of rotatable bonds is 3. The van der Waals surface area contributed by atoms with Gasteiger partial charge in [0.2, 0.25) is 0 Å². The highest BCUT2D eigenvalue weighted by Gasteiger charge is 2.06. The van der Waals surface area contributed by atoms with Crippen LogP contribution in [0.25, 0.3) is 11.3 Å². The van der Waals surface area contributed by atoms with Crippen molar-refractivity contribution in [1.82, 2.24) is 4.98 Å². The van der Waals surface area contributed by atoms with Gasteiger partial charge in [0.1, 0.15) is 5.75 Å². The minimum atomic E-state index is 0.275. The average Bonchev–Trinajstić information content (AvgIpc) is 2.92. The van der Waals surface area contributed by atoms with Crippen molar-refractivity contribution in [2.24, 2.45) is 0 Å². The Kier molecular flexibility index (Phi) is 3.39. The molecule has 0 saturated heterocycles. The number of anilines is 2. The number of phenolic OH excluding ortho intramolecular Hbond substituents is 1. The van der Waals surface area contributed by atoms with Crippen LogP contribution in [-0.4, -0.2) is 10.1 Å². The van der Waals surface area contributed by atoms with E-state index >= 15 is 0 Å². The van der Waals surface area contributed by atoms with Gasteiger partial charge in [-0.3, -0.25) is 0 Å². The van der Waals surface area contributed by atoms with Crippen LogP contribution in [0.4, 0.5) is 10.8 Å². The molecule has 0 atom stereocenters. The van der Waals surface area contributed by atoms with Gasteiger partial charge in [-0.25, -0.2) is 4.98 Å². The first kappa shape index (κ1) is 12.7. The molecule has 3 rings (SSSR count). The molecule has 3 nitrogen and oxygen atoms in total. The van der Waals surface area contributed by atoms with Crippen molar-refractivity contribution < 1.29 is 5.11 Å². The van der Waals surface area contributed by atoms with Crippen molar-refractivity contribution in [3.63, 3.8) is 0 Å². The van der Waals surface area contributed by atoms with Crippen molar-refractivity contribution in [2.45, 2.75) is 6.92 Å². The van der Waals surface area contributed by atoms with Crippen LogP contribution in [0.5, 0.6) is 5.75 Å². The predicted octanol–water partition coefficient (Wildman–Crippen LogP) is 4.57. The molecule has 1 aromatic heterocycles. The summed E-state index contributed by atoms with van der Waals surface area (Å²) in [7, 11) is 0. The average molecular weight is 282 g/mol. The molecular weight excluding hydrogens is 268 g/mol. The molecule has 3 aromatic rings. The number of benzene rings is 2. The molecule has 0 saturated carbocycles. The maximum absolute atomic E-state index is 9.42. The molecule has 0 fully saturated rings. The second-order valence-corrected chi connectivity index (χ2v) is 5.39. The summed E-state index contributed by atoms with van der Waals surface area (Å²) in [4.78, 5) is 4.58. The molecule has 4 heteroatoms. The van der Waals surface area contributed by atoms with Gasteiger partial charge in [0.15, 0.2) is 5.13 Å². The van der Waals surface area contributed by atoms with E-state index in [0.29, 0.717) is 0 Å².